The third-order valence-corrected chi connectivity index (χ3v) is 6.50. The van der Waals surface area contributed by atoms with Gasteiger partial charge in [0.15, 0.2) is 11.6 Å². The van der Waals surface area contributed by atoms with Crippen molar-refractivity contribution in [1.82, 2.24) is 19.8 Å². The second-order valence-corrected chi connectivity index (χ2v) is 10.9. The van der Waals surface area contributed by atoms with Gasteiger partial charge in [0.2, 0.25) is 11.7 Å². The zero-order valence-corrected chi connectivity index (χ0v) is 23.1. The smallest absolute Gasteiger partial charge is 0.444 e. The first kappa shape index (κ1) is 31.8. The Morgan fingerprint density at radius 3 is 2.26 bits per heavy atom. The average Bonchev–Trinajstić information content (AvgIpc) is 3.25. The number of hydrogen-bond donors (Lipinski definition) is 1. The van der Waals surface area contributed by atoms with E-state index in [0.717, 1.165) is 21.6 Å². The van der Waals surface area contributed by atoms with Gasteiger partial charge in [-0.05, 0) is 51.0 Å². The van der Waals surface area contributed by atoms with Crippen LogP contribution in [-0.4, -0.2) is 44.6 Å². The van der Waals surface area contributed by atoms with Crippen molar-refractivity contribution in [3.05, 3.63) is 76.5 Å². The fourth-order valence-corrected chi connectivity index (χ4v) is 4.67. The number of benzene rings is 2. The highest BCUT2D eigenvalue weighted by molar-refractivity contribution is 5.78. The minimum absolute atomic E-state index is 0.166. The highest BCUT2D eigenvalue weighted by Crippen LogP contribution is 2.37. The van der Waals surface area contributed by atoms with E-state index in [1.54, 1.807) is 20.8 Å². The summed E-state index contributed by atoms with van der Waals surface area (Å²) in [6.45, 7) is 3.61. The fraction of sp³-hybridized carbons (Fsp3) is 0.393. The molecule has 0 spiro atoms. The number of carbonyl (C=O) groups is 2. The molecule has 0 saturated carbocycles. The Morgan fingerprint density at radius 2 is 1.63 bits per heavy atom. The molecule has 0 fully saturated rings. The monoisotopic (exact) mass is 618 g/mol. The van der Waals surface area contributed by atoms with E-state index in [1.807, 2.05) is 0 Å². The summed E-state index contributed by atoms with van der Waals surface area (Å²) in [4.78, 5) is 30.6. The van der Waals surface area contributed by atoms with Crippen molar-refractivity contribution in [2.75, 3.05) is 6.54 Å². The van der Waals surface area contributed by atoms with Gasteiger partial charge in [0.1, 0.15) is 23.1 Å². The van der Waals surface area contributed by atoms with Gasteiger partial charge in [0.05, 0.1) is 17.9 Å². The van der Waals surface area contributed by atoms with Gasteiger partial charge >= 0.3 is 12.3 Å². The number of aromatic nitrogens is 2. The number of rotatable bonds is 6. The van der Waals surface area contributed by atoms with Crippen molar-refractivity contribution in [1.29, 1.82) is 0 Å². The lowest BCUT2D eigenvalue weighted by Gasteiger charge is -2.31. The Labute approximate surface area is 240 Å². The Hall–Kier alpha value is -4.17. The Morgan fingerprint density at radius 1 is 0.953 bits per heavy atom. The predicted octanol–water partition coefficient (Wildman–Crippen LogP) is 6.13. The zero-order valence-electron chi connectivity index (χ0n) is 23.1. The summed E-state index contributed by atoms with van der Waals surface area (Å²) in [6.07, 6.45) is -6.93. The molecule has 15 heteroatoms. The van der Waals surface area contributed by atoms with Gasteiger partial charge in [-0.2, -0.15) is 13.2 Å². The molecule has 0 unspecified atom stereocenters. The zero-order chi connectivity index (χ0) is 31.9. The first-order valence-corrected chi connectivity index (χ1v) is 13.0. The molecule has 1 atom stereocenters. The number of halogens is 8. The first-order chi connectivity index (χ1) is 19.9. The molecule has 0 radical (unpaired) electrons. The number of amides is 2. The van der Waals surface area contributed by atoms with E-state index in [1.165, 1.54) is 0 Å². The van der Waals surface area contributed by atoms with Crippen LogP contribution in [0.3, 0.4) is 0 Å². The van der Waals surface area contributed by atoms with Crippen LogP contribution in [0.2, 0.25) is 0 Å². The summed E-state index contributed by atoms with van der Waals surface area (Å²) < 4.78 is 117. The maximum atomic E-state index is 14.6. The van der Waals surface area contributed by atoms with Gasteiger partial charge in [-0.15, -0.1) is 0 Å². The molecule has 2 amide bonds. The topological polar surface area (TPSA) is 76.5 Å². The molecule has 43 heavy (non-hydrogen) atoms. The van der Waals surface area contributed by atoms with Crippen LogP contribution in [0, 0.1) is 29.1 Å². The van der Waals surface area contributed by atoms with Crippen LogP contribution in [0.4, 0.5) is 39.9 Å². The second-order valence-electron chi connectivity index (χ2n) is 10.9. The Balaban J connectivity index is 1.63. The van der Waals surface area contributed by atoms with Gasteiger partial charge in [-0.3, -0.25) is 4.79 Å². The van der Waals surface area contributed by atoms with Crippen LogP contribution < -0.4 is 5.32 Å². The number of hydrogen-bond acceptors (Lipinski definition) is 4. The van der Waals surface area contributed by atoms with E-state index in [0.29, 0.717) is 18.2 Å². The molecule has 2 heterocycles. The summed E-state index contributed by atoms with van der Waals surface area (Å²) in [6, 6.07) is 1.97. The van der Waals surface area contributed by atoms with Crippen molar-refractivity contribution in [3.8, 4) is 11.3 Å². The van der Waals surface area contributed by atoms with Crippen LogP contribution in [0.5, 0.6) is 0 Å². The molecule has 0 bridgehead atoms. The Kier molecular flexibility index (Phi) is 8.75. The second kappa shape index (κ2) is 11.8. The van der Waals surface area contributed by atoms with Crippen molar-refractivity contribution in [3.63, 3.8) is 0 Å². The number of ether oxygens (including phenoxy) is 1. The number of fused-ring (bicyclic) bond motifs is 1. The average molecular weight is 619 g/mol. The molecule has 1 aliphatic heterocycles. The molecule has 7 nitrogen and oxygen atoms in total. The van der Waals surface area contributed by atoms with E-state index in [9.17, 15) is 44.7 Å². The molecular formula is C28H26F8N4O3. The highest BCUT2D eigenvalue weighted by Gasteiger charge is 2.41. The van der Waals surface area contributed by atoms with Crippen LogP contribution in [-0.2, 0) is 35.2 Å². The van der Waals surface area contributed by atoms with E-state index in [-0.39, 0.29) is 24.3 Å². The molecule has 3 aromatic rings. The number of alkyl carbamates (subject to hydrolysis) is 1. The molecule has 1 aliphatic rings. The predicted molar refractivity (Wildman–Crippen MR) is 136 cm³/mol. The maximum Gasteiger partial charge on any atom is 0.449 e. The van der Waals surface area contributed by atoms with Crippen LogP contribution in [0.25, 0.3) is 11.3 Å². The number of nitrogens with zero attached hydrogens (tertiary/aromatic N) is 3. The van der Waals surface area contributed by atoms with Crippen LogP contribution >= 0.6 is 0 Å². The molecule has 4 rings (SSSR count). The normalized spacial score (nSPS) is 14.3. The number of imidazole rings is 1. The van der Waals surface area contributed by atoms with E-state index in [2.05, 4.69) is 10.3 Å². The van der Waals surface area contributed by atoms with Gasteiger partial charge in [0, 0.05) is 43.2 Å². The largest absolute Gasteiger partial charge is 0.449 e. The first-order valence-electron chi connectivity index (χ1n) is 13.0. The molecule has 1 aromatic heterocycles. The summed E-state index contributed by atoms with van der Waals surface area (Å²) in [7, 11) is 0. The summed E-state index contributed by atoms with van der Waals surface area (Å²) in [5, 5.41) is 2.40. The Bertz CT molecular complexity index is 1550. The standard InChI is InChI=1S/C28H26F8N4O3/c1-27(2,3)43-26(42)37-16(8-14-9-20(32)21(33)12-18(14)30)11-23(41)39-6-7-40-22(13-39)24(38-25(40)28(34,35)36)17-5-4-15(29)10-19(17)31/h4-5,9-10,12,16H,6-8,11,13H2,1-3H3,(H,37,42)/t16-/m1/s1. The van der Waals surface area contributed by atoms with Crippen molar-refractivity contribution in [2.45, 2.75) is 64.5 Å². The van der Waals surface area contributed by atoms with Gasteiger partial charge in [-0.1, -0.05) is 0 Å². The maximum absolute atomic E-state index is 14.6. The lowest BCUT2D eigenvalue weighted by molar-refractivity contribution is -0.148. The fourth-order valence-electron chi connectivity index (χ4n) is 4.67. The summed E-state index contributed by atoms with van der Waals surface area (Å²) in [5.74, 6) is -8.08. The third-order valence-electron chi connectivity index (χ3n) is 6.50. The molecule has 2 aromatic carbocycles. The molecule has 1 N–H and O–H groups in total. The lowest BCUT2D eigenvalue weighted by atomic mass is 10.0. The van der Waals surface area contributed by atoms with E-state index in [4.69, 9.17) is 4.74 Å². The lowest BCUT2D eigenvalue weighted by Crippen LogP contribution is -2.45. The van der Waals surface area contributed by atoms with E-state index >= 15 is 0 Å². The molecule has 0 saturated heterocycles. The number of alkyl halides is 3. The number of nitrogens with one attached hydrogen (secondary N) is 1. The molecular weight excluding hydrogens is 592 g/mol. The summed E-state index contributed by atoms with van der Waals surface area (Å²) in [5.41, 5.74) is -2.32. The molecule has 0 aliphatic carbocycles. The van der Waals surface area contributed by atoms with Crippen molar-refractivity contribution >= 4 is 12.0 Å². The van der Waals surface area contributed by atoms with Gasteiger partial charge in [-0.25, -0.2) is 31.7 Å². The van der Waals surface area contributed by atoms with Gasteiger partial charge in [0.25, 0.3) is 0 Å². The quantitative estimate of drug-likeness (QED) is 0.267. The van der Waals surface area contributed by atoms with Gasteiger partial charge < -0.3 is 19.5 Å². The highest BCUT2D eigenvalue weighted by atomic mass is 19.4. The third kappa shape index (κ3) is 7.43. The van der Waals surface area contributed by atoms with Crippen molar-refractivity contribution < 1.29 is 49.4 Å². The number of carbonyl (C=O) groups excluding carboxylic acids is 2. The minimum Gasteiger partial charge on any atom is -0.444 e. The minimum atomic E-state index is -4.92. The van der Waals surface area contributed by atoms with Crippen LogP contribution in [0.1, 0.15) is 44.3 Å². The SMILES string of the molecule is CC(C)(C)OC(=O)N[C@@H](CC(=O)N1CCn2c(C(F)(F)F)nc(-c3ccc(F)cc3F)c2C1)Cc1cc(F)c(F)cc1F. The molecule has 232 valence electrons. The summed E-state index contributed by atoms with van der Waals surface area (Å²) >= 11 is 0. The van der Waals surface area contributed by atoms with Crippen molar-refractivity contribution in [2.24, 2.45) is 0 Å². The van der Waals surface area contributed by atoms with E-state index < -0.39 is 95.4 Å². The van der Waals surface area contributed by atoms with Crippen LogP contribution in [0.15, 0.2) is 30.3 Å².